The fourth-order valence-electron chi connectivity index (χ4n) is 1.55. The molecule has 5 heteroatoms. The summed E-state index contributed by atoms with van der Waals surface area (Å²) in [6.07, 6.45) is 5.29. The van der Waals surface area contributed by atoms with Crippen molar-refractivity contribution in [3.63, 3.8) is 0 Å². The highest BCUT2D eigenvalue weighted by atomic mass is 16.6. The second-order valence-corrected chi connectivity index (χ2v) is 3.60. The highest BCUT2D eigenvalue weighted by Gasteiger charge is 2.07. The van der Waals surface area contributed by atoms with E-state index in [1.807, 2.05) is 17.7 Å². The number of nitrogens with zero attached hydrogens (tertiary/aromatic N) is 3. The summed E-state index contributed by atoms with van der Waals surface area (Å²) in [7, 11) is 0. The molecular weight excluding hydrogens is 206 g/mol. The molecule has 1 aromatic carbocycles. The zero-order chi connectivity index (χ0) is 11.5. The van der Waals surface area contributed by atoms with Crippen molar-refractivity contribution in [2.45, 2.75) is 13.5 Å². The number of aromatic nitrogens is 2. The first-order valence-electron chi connectivity index (χ1n) is 4.86. The first-order valence-corrected chi connectivity index (χ1v) is 4.86. The van der Waals surface area contributed by atoms with Gasteiger partial charge in [0.05, 0.1) is 11.3 Å². The predicted octanol–water partition coefficient (Wildman–Crippen LogP) is 2.15. The van der Waals surface area contributed by atoms with Crippen molar-refractivity contribution in [2.24, 2.45) is 0 Å². The van der Waals surface area contributed by atoms with Crippen LogP contribution in [0.1, 0.15) is 11.1 Å². The molecule has 0 saturated carbocycles. The van der Waals surface area contributed by atoms with Crippen LogP contribution in [0.25, 0.3) is 0 Å². The van der Waals surface area contributed by atoms with Crippen LogP contribution < -0.4 is 0 Å². The van der Waals surface area contributed by atoms with Gasteiger partial charge in [0, 0.05) is 31.1 Å². The first kappa shape index (κ1) is 10.4. The molecule has 0 saturated heterocycles. The van der Waals surface area contributed by atoms with Crippen LogP contribution >= 0.6 is 0 Å². The third-order valence-electron chi connectivity index (χ3n) is 2.45. The van der Waals surface area contributed by atoms with Crippen molar-refractivity contribution >= 4 is 5.69 Å². The lowest BCUT2D eigenvalue weighted by Crippen LogP contribution is -1.99. The molecule has 2 aromatic rings. The molecule has 0 unspecified atom stereocenters. The molecule has 0 radical (unpaired) electrons. The number of nitro groups is 1. The van der Waals surface area contributed by atoms with E-state index in [1.54, 1.807) is 24.7 Å². The van der Waals surface area contributed by atoms with Crippen LogP contribution in [0, 0.1) is 17.0 Å². The van der Waals surface area contributed by atoms with Gasteiger partial charge in [-0.05, 0) is 18.1 Å². The van der Waals surface area contributed by atoms with Gasteiger partial charge >= 0.3 is 0 Å². The molecular formula is C11H11N3O2. The summed E-state index contributed by atoms with van der Waals surface area (Å²) in [6.45, 7) is 2.56. The average Bonchev–Trinajstić information content (AvgIpc) is 2.73. The zero-order valence-electron chi connectivity index (χ0n) is 8.83. The van der Waals surface area contributed by atoms with Crippen molar-refractivity contribution < 1.29 is 4.92 Å². The van der Waals surface area contributed by atoms with E-state index in [1.165, 1.54) is 6.07 Å². The summed E-state index contributed by atoms with van der Waals surface area (Å²) < 4.78 is 1.92. The van der Waals surface area contributed by atoms with Crippen molar-refractivity contribution in [3.05, 3.63) is 58.2 Å². The molecule has 0 aliphatic carbocycles. The standard InChI is InChI=1S/C11H11N3O2/c1-9-6-11(14(15)16)3-2-10(9)7-13-5-4-12-8-13/h2-6,8H,7H2,1H3. The number of benzene rings is 1. The fourth-order valence-corrected chi connectivity index (χ4v) is 1.55. The first-order chi connectivity index (χ1) is 7.66. The van der Waals surface area contributed by atoms with Gasteiger partial charge in [-0.1, -0.05) is 6.07 Å². The lowest BCUT2D eigenvalue weighted by Gasteiger charge is -2.06. The minimum Gasteiger partial charge on any atom is -0.333 e. The molecule has 0 aliphatic heterocycles. The van der Waals surface area contributed by atoms with Gasteiger partial charge in [0.15, 0.2) is 0 Å². The number of hydrogen-bond acceptors (Lipinski definition) is 3. The van der Waals surface area contributed by atoms with E-state index >= 15 is 0 Å². The van der Waals surface area contributed by atoms with Crippen LogP contribution in [0.5, 0.6) is 0 Å². The molecule has 2 rings (SSSR count). The number of rotatable bonds is 3. The lowest BCUT2D eigenvalue weighted by atomic mass is 10.1. The molecule has 0 bridgehead atoms. The highest BCUT2D eigenvalue weighted by Crippen LogP contribution is 2.17. The normalized spacial score (nSPS) is 10.3. The third-order valence-corrected chi connectivity index (χ3v) is 2.45. The SMILES string of the molecule is Cc1cc([N+](=O)[O-])ccc1Cn1ccnc1. The Labute approximate surface area is 92.5 Å². The van der Waals surface area contributed by atoms with Gasteiger partial charge in [0.2, 0.25) is 0 Å². The largest absolute Gasteiger partial charge is 0.333 e. The topological polar surface area (TPSA) is 61.0 Å². The van der Waals surface area contributed by atoms with Gasteiger partial charge in [0.1, 0.15) is 0 Å². The van der Waals surface area contributed by atoms with Crippen LogP contribution in [0.3, 0.4) is 0 Å². The second kappa shape index (κ2) is 4.14. The summed E-state index contributed by atoms with van der Waals surface area (Å²) in [5.41, 5.74) is 2.11. The molecule has 0 N–H and O–H groups in total. The smallest absolute Gasteiger partial charge is 0.269 e. The number of imidazole rings is 1. The van der Waals surface area contributed by atoms with Gasteiger partial charge in [0.25, 0.3) is 5.69 Å². The summed E-state index contributed by atoms with van der Waals surface area (Å²) in [4.78, 5) is 14.1. The summed E-state index contributed by atoms with van der Waals surface area (Å²) >= 11 is 0. The fraction of sp³-hybridized carbons (Fsp3) is 0.182. The molecule has 5 nitrogen and oxygen atoms in total. The minimum atomic E-state index is -0.381. The number of hydrogen-bond donors (Lipinski definition) is 0. The van der Waals surface area contributed by atoms with Gasteiger partial charge in [-0.15, -0.1) is 0 Å². The second-order valence-electron chi connectivity index (χ2n) is 3.60. The van der Waals surface area contributed by atoms with Crippen LogP contribution in [0.4, 0.5) is 5.69 Å². The minimum absolute atomic E-state index is 0.131. The van der Waals surface area contributed by atoms with E-state index in [2.05, 4.69) is 4.98 Å². The molecule has 0 spiro atoms. The molecule has 16 heavy (non-hydrogen) atoms. The summed E-state index contributed by atoms with van der Waals surface area (Å²) in [6, 6.07) is 4.90. The quantitative estimate of drug-likeness (QED) is 0.584. The maximum Gasteiger partial charge on any atom is 0.269 e. The molecule has 82 valence electrons. The van der Waals surface area contributed by atoms with Crippen molar-refractivity contribution in [2.75, 3.05) is 0 Å². The van der Waals surface area contributed by atoms with E-state index in [0.717, 1.165) is 11.1 Å². The van der Waals surface area contributed by atoms with Gasteiger partial charge < -0.3 is 4.57 Å². The van der Waals surface area contributed by atoms with Crippen LogP contribution in [-0.4, -0.2) is 14.5 Å². The molecule has 0 amide bonds. The van der Waals surface area contributed by atoms with E-state index in [0.29, 0.717) is 6.54 Å². The highest BCUT2D eigenvalue weighted by molar-refractivity contribution is 5.39. The van der Waals surface area contributed by atoms with E-state index in [9.17, 15) is 10.1 Å². The summed E-state index contributed by atoms with van der Waals surface area (Å²) in [5, 5.41) is 10.6. The Morgan fingerprint density at radius 3 is 2.88 bits per heavy atom. The van der Waals surface area contributed by atoms with Gasteiger partial charge in [-0.3, -0.25) is 10.1 Å². The van der Waals surface area contributed by atoms with E-state index in [-0.39, 0.29) is 10.6 Å². The van der Waals surface area contributed by atoms with Crippen molar-refractivity contribution in [1.82, 2.24) is 9.55 Å². The predicted molar refractivity (Wildman–Crippen MR) is 59.2 cm³/mol. The number of nitro benzene ring substituents is 1. The Kier molecular flexibility index (Phi) is 2.68. The summed E-state index contributed by atoms with van der Waals surface area (Å²) in [5.74, 6) is 0. The van der Waals surface area contributed by atoms with Crippen molar-refractivity contribution in [3.8, 4) is 0 Å². The monoisotopic (exact) mass is 217 g/mol. The molecule has 0 aliphatic rings. The Morgan fingerprint density at radius 2 is 2.31 bits per heavy atom. The third kappa shape index (κ3) is 2.08. The molecule has 0 atom stereocenters. The molecule has 0 fully saturated rings. The van der Waals surface area contributed by atoms with Crippen molar-refractivity contribution in [1.29, 1.82) is 0 Å². The Balaban J connectivity index is 2.26. The maximum absolute atomic E-state index is 10.6. The van der Waals surface area contributed by atoms with Crippen LogP contribution in [-0.2, 0) is 6.54 Å². The Morgan fingerprint density at radius 1 is 1.50 bits per heavy atom. The zero-order valence-corrected chi connectivity index (χ0v) is 8.83. The molecule has 1 aromatic heterocycles. The average molecular weight is 217 g/mol. The van der Waals surface area contributed by atoms with E-state index in [4.69, 9.17) is 0 Å². The van der Waals surface area contributed by atoms with E-state index < -0.39 is 0 Å². The van der Waals surface area contributed by atoms with Gasteiger partial charge in [-0.25, -0.2) is 4.98 Å². The maximum atomic E-state index is 10.6. The van der Waals surface area contributed by atoms with Gasteiger partial charge in [-0.2, -0.15) is 0 Å². The lowest BCUT2D eigenvalue weighted by molar-refractivity contribution is -0.384. The number of aryl methyl sites for hydroxylation is 1. The Bertz CT molecular complexity index is 506. The Hall–Kier alpha value is -2.17. The van der Waals surface area contributed by atoms with Crippen LogP contribution in [0.15, 0.2) is 36.9 Å². The molecule has 1 heterocycles. The van der Waals surface area contributed by atoms with Crippen LogP contribution in [0.2, 0.25) is 0 Å². The number of non-ortho nitro benzene ring substituents is 1.